The number of benzene rings is 2. The molecule has 0 amide bonds. The molecular formula is C25H29NO4S. The Morgan fingerprint density at radius 1 is 1.13 bits per heavy atom. The number of aryl methyl sites for hydroxylation is 2. The molecule has 6 heteroatoms. The first kappa shape index (κ1) is 22.8. The molecule has 0 spiro atoms. The molecule has 0 N–H and O–H groups in total. The number of carbonyl (C=O) groups excluding carboxylic acids is 1. The van der Waals surface area contributed by atoms with Crippen molar-refractivity contribution in [1.29, 1.82) is 0 Å². The number of thiazole rings is 1. The molecule has 3 rings (SSSR count). The number of aromatic nitrogens is 1. The molecule has 0 radical (unpaired) electrons. The monoisotopic (exact) mass is 439 g/mol. The van der Waals surface area contributed by atoms with Crippen molar-refractivity contribution in [2.75, 3.05) is 20.3 Å². The maximum atomic E-state index is 12.0. The number of methoxy groups -OCH3 is 1. The fourth-order valence-electron chi connectivity index (χ4n) is 3.28. The van der Waals surface area contributed by atoms with E-state index in [1.54, 1.807) is 18.4 Å². The Labute approximate surface area is 188 Å². The van der Waals surface area contributed by atoms with Crippen LogP contribution in [0.2, 0.25) is 0 Å². The third-order valence-electron chi connectivity index (χ3n) is 5.17. The highest BCUT2D eigenvalue weighted by Crippen LogP contribution is 2.30. The molecule has 0 aliphatic carbocycles. The number of hydrogen-bond acceptors (Lipinski definition) is 6. The Morgan fingerprint density at radius 2 is 1.87 bits per heavy atom. The van der Waals surface area contributed by atoms with E-state index in [0.717, 1.165) is 45.3 Å². The zero-order valence-electron chi connectivity index (χ0n) is 18.7. The molecule has 0 saturated carbocycles. The molecule has 0 aliphatic rings. The summed E-state index contributed by atoms with van der Waals surface area (Å²) >= 11 is 1.69. The Hall–Kier alpha value is -2.86. The molecule has 0 bridgehead atoms. The third-order valence-corrected chi connectivity index (χ3v) is 6.23. The van der Waals surface area contributed by atoms with Crippen LogP contribution in [0.3, 0.4) is 0 Å². The van der Waals surface area contributed by atoms with Gasteiger partial charge in [0.25, 0.3) is 0 Å². The minimum absolute atomic E-state index is 0.206. The SMILES string of the molecule is CCOC(=O)C(C)c1ccc(OCCc2nc(-c3ccc(OC)cc3)sc2C)c(C)c1. The topological polar surface area (TPSA) is 57.7 Å². The Kier molecular flexibility index (Phi) is 7.69. The second kappa shape index (κ2) is 10.4. The lowest BCUT2D eigenvalue weighted by atomic mass is 9.99. The van der Waals surface area contributed by atoms with Gasteiger partial charge in [-0.1, -0.05) is 12.1 Å². The highest BCUT2D eigenvalue weighted by atomic mass is 32.1. The van der Waals surface area contributed by atoms with Crippen molar-refractivity contribution < 1.29 is 19.0 Å². The van der Waals surface area contributed by atoms with Crippen LogP contribution in [-0.2, 0) is 16.0 Å². The summed E-state index contributed by atoms with van der Waals surface area (Å²) in [6.45, 7) is 8.69. The van der Waals surface area contributed by atoms with Crippen LogP contribution in [0.15, 0.2) is 42.5 Å². The first-order chi connectivity index (χ1) is 14.9. The van der Waals surface area contributed by atoms with Crippen LogP contribution >= 0.6 is 11.3 Å². The second-order valence-electron chi connectivity index (χ2n) is 7.35. The summed E-state index contributed by atoms with van der Waals surface area (Å²) in [5, 5.41) is 1.00. The van der Waals surface area contributed by atoms with Crippen LogP contribution in [0.4, 0.5) is 0 Å². The zero-order chi connectivity index (χ0) is 22.4. The average molecular weight is 440 g/mol. The molecule has 0 fully saturated rings. The van der Waals surface area contributed by atoms with Crippen LogP contribution in [0.25, 0.3) is 10.6 Å². The van der Waals surface area contributed by atoms with Crippen LogP contribution < -0.4 is 9.47 Å². The summed E-state index contributed by atoms with van der Waals surface area (Å²) in [6.07, 6.45) is 0.735. The van der Waals surface area contributed by atoms with Gasteiger partial charge in [0.1, 0.15) is 16.5 Å². The predicted octanol–water partition coefficient (Wildman–Crippen LogP) is 5.72. The minimum Gasteiger partial charge on any atom is -0.497 e. The summed E-state index contributed by atoms with van der Waals surface area (Å²) in [7, 11) is 1.66. The van der Waals surface area contributed by atoms with E-state index in [-0.39, 0.29) is 11.9 Å². The fraction of sp³-hybridized carbons (Fsp3) is 0.360. The van der Waals surface area contributed by atoms with Crippen molar-refractivity contribution in [2.45, 2.75) is 40.0 Å². The van der Waals surface area contributed by atoms with E-state index in [1.807, 2.05) is 63.2 Å². The Balaban J connectivity index is 1.61. The normalized spacial score (nSPS) is 11.8. The van der Waals surface area contributed by atoms with Crippen LogP contribution in [0, 0.1) is 13.8 Å². The molecule has 164 valence electrons. The molecular weight excluding hydrogens is 410 g/mol. The number of rotatable bonds is 9. The molecule has 1 aromatic heterocycles. The number of esters is 1. The van der Waals surface area contributed by atoms with Gasteiger partial charge in [-0.3, -0.25) is 4.79 Å². The Morgan fingerprint density at radius 3 is 2.52 bits per heavy atom. The van der Waals surface area contributed by atoms with Gasteiger partial charge in [0, 0.05) is 16.9 Å². The number of hydrogen-bond donors (Lipinski definition) is 0. The van der Waals surface area contributed by atoms with Crippen molar-refractivity contribution >= 4 is 17.3 Å². The number of nitrogens with zero attached hydrogens (tertiary/aromatic N) is 1. The van der Waals surface area contributed by atoms with Gasteiger partial charge in [0.2, 0.25) is 0 Å². The maximum Gasteiger partial charge on any atom is 0.313 e. The van der Waals surface area contributed by atoms with E-state index >= 15 is 0 Å². The summed E-state index contributed by atoms with van der Waals surface area (Å²) < 4.78 is 16.4. The second-order valence-corrected chi connectivity index (χ2v) is 8.55. The van der Waals surface area contributed by atoms with Gasteiger partial charge < -0.3 is 14.2 Å². The summed E-state index contributed by atoms with van der Waals surface area (Å²) in [6, 6.07) is 13.8. The van der Waals surface area contributed by atoms with Crippen LogP contribution in [0.5, 0.6) is 11.5 Å². The molecule has 1 unspecified atom stereocenters. The summed E-state index contributed by atoms with van der Waals surface area (Å²) in [5.74, 6) is 1.16. The molecule has 0 saturated heterocycles. The van der Waals surface area contributed by atoms with Crippen molar-refractivity contribution in [2.24, 2.45) is 0 Å². The lowest BCUT2D eigenvalue weighted by molar-refractivity contribution is -0.144. The molecule has 3 aromatic rings. The first-order valence-corrected chi connectivity index (χ1v) is 11.2. The van der Waals surface area contributed by atoms with Crippen LogP contribution in [-0.4, -0.2) is 31.3 Å². The lowest BCUT2D eigenvalue weighted by Gasteiger charge is -2.14. The van der Waals surface area contributed by atoms with E-state index in [0.29, 0.717) is 13.2 Å². The number of ether oxygens (including phenoxy) is 3. The molecule has 31 heavy (non-hydrogen) atoms. The largest absolute Gasteiger partial charge is 0.497 e. The van der Waals surface area contributed by atoms with Gasteiger partial charge in [-0.2, -0.15) is 0 Å². The van der Waals surface area contributed by atoms with Gasteiger partial charge in [-0.15, -0.1) is 11.3 Å². The summed E-state index contributed by atoms with van der Waals surface area (Å²) in [5.41, 5.74) is 4.08. The van der Waals surface area contributed by atoms with Gasteiger partial charge in [0.05, 0.1) is 31.9 Å². The van der Waals surface area contributed by atoms with Crippen molar-refractivity contribution in [3.8, 4) is 22.1 Å². The minimum atomic E-state index is -0.290. The average Bonchev–Trinajstić information content (AvgIpc) is 3.15. The van der Waals surface area contributed by atoms with Gasteiger partial charge in [-0.25, -0.2) is 4.98 Å². The van der Waals surface area contributed by atoms with Gasteiger partial charge >= 0.3 is 5.97 Å². The molecule has 1 atom stereocenters. The maximum absolute atomic E-state index is 12.0. The first-order valence-electron chi connectivity index (χ1n) is 10.4. The number of carbonyl (C=O) groups is 1. The van der Waals surface area contributed by atoms with E-state index in [4.69, 9.17) is 19.2 Å². The fourth-order valence-corrected chi connectivity index (χ4v) is 4.25. The molecule has 2 aromatic carbocycles. The zero-order valence-corrected chi connectivity index (χ0v) is 19.5. The van der Waals surface area contributed by atoms with E-state index in [9.17, 15) is 4.79 Å². The van der Waals surface area contributed by atoms with Crippen molar-refractivity contribution in [1.82, 2.24) is 4.98 Å². The van der Waals surface area contributed by atoms with E-state index in [2.05, 4.69) is 6.92 Å². The quantitative estimate of drug-likeness (QED) is 0.399. The summed E-state index contributed by atoms with van der Waals surface area (Å²) in [4.78, 5) is 18.0. The molecule has 1 heterocycles. The standard InChI is InChI=1S/C25H29NO4S/c1-6-29-25(27)17(3)20-9-12-23(16(2)15-20)30-14-13-22-18(4)31-24(26-22)19-7-10-21(28-5)11-8-19/h7-12,15,17H,6,13-14H2,1-5H3. The highest BCUT2D eigenvalue weighted by molar-refractivity contribution is 7.15. The lowest BCUT2D eigenvalue weighted by Crippen LogP contribution is -2.13. The smallest absolute Gasteiger partial charge is 0.313 e. The highest BCUT2D eigenvalue weighted by Gasteiger charge is 2.17. The van der Waals surface area contributed by atoms with Crippen molar-refractivity contribution in [3.63, 3.8) is 0 Å². The van der Waals surface area contributed by atoms with E-state index < -0.39 is 0 Å². The molecule has 5 nitrogen and oxygen atoms in total. The Bertz CT molecular complexity index is 1030. The van der Waals surface area contributed by atoms with Gasteiger partial charge in [-0.05, 0) is 69.2 Å². The van der Waals surface area contributed by atoms with Crippen molar-refractivity contribution in [3.05, 3.63) is 64.2 Å². The third kappa shape index (κ3) is 5.64. The van der Waals surface area contributed by atoms with Gasteiger partial charge in [0.15, 0.2) is 0 Å². The molecule has 0 aliphatic heterocycles. The van der Waals surface area contributed by atoms with E-state index in [1.165, 1.54) is 4.88 Å². The van der Waals surface area contributed by atoms with Crippen LogP contribution in [0.1, 0.15) is 41.5 Å². The predicted molar refractivity (Wildman–Crippen MR) is 124 cm³/mol.